The first-order chi connectivity index (χ1) is 12.6. The number of methoxy groups -OCH3 is 1. The normalized spacial score (nSPS) is 11.5. The summed E-state index contributed by atoms with van der Waals surface area (Å²) >= 11 is 6.01. The molecule has 4 rings (SSSR count). The van der Waals surface area contributed by atoms with Gasteiger partial charge in [-0.1, -0.05) is 23.7 Å². The molecule has 5 nitrogen and oxygen atoms in total. The Morgan fingerprint density at radius 3 is 2.81 bits per heavy atom. The number of hydrogen-bond acceptors (Lipinski definition) is 3. The van der Waals surface area contributed by atoms with E-state index < -0.39 is 0 Å². The zero-order valence-corrected chi connectivity index (χ0v) is 15.2. The third-order valence-corrected chi connectivity index (χ3v) is 4.32. The maximum Gasteiger partial charge on any atom is 0.143 e. The molecule has 0 aliphatic rings. The summed E-state index contributed by atoms with van der Waals surface area (Å²) in [7, 11) is 1.67. The van der Waals surface area contributed by atoms with Gasteiger partial charge in [0.15, 0.2) is 0 Å². The Hall–Kier alpha value is -3.05. The van der Waals surface area contributed by atoms with E-state index in [2.05, 4.69) is 15.0 Å². The zero-order chi connectivity index (χ0) is 18.1. The Morgan fingerprint density at radius 1 is 1.15 bits per heavy atom. The van der Waals surface area contributed by atoms with Gasteiger partial charge in [-0.3, -0.25) is 0 Å². The van der Waals surface area contributed by atoms with Gasteiger partial charge in [-0.15, -0.1) is 0 Å². The number of aryl methyl sites for hydroxylation is 1. The Bertz CT molecular complexity index is 1110. The minimum absolute atomic E-state index is 0.687. The van der Waals surface area contributed by atoms with Gasteiger partial charge in [0.2, 0.25) is 0 Å². The van der Waals surface area contributed by atoms with Gasteiger partial charge < -0.3 is 14.3 Å². The van der Waals surface area contributed by atoms with Crippen LogP contribution in [0.25, 0.3) is 28.9 Å². The number of nitrogens with zero attached hydrogens (tertiary/aromatic N) is 3. The fourth-order valence-corrected chi connectivity index (χ4v) is 2.99. The smallest absolute Gasteiger partial charge is 0.143 e. The molecule has 0 spiro atoms. The Morgan fingerprint density at radius 2 is 2.04 bits per heavy atom. The molecule has 0 bridgehead atoms. The van der Waals surface area contributed by atoms with Gasteiger partial charge in [-0.05, 0) is 48.9 Å². The molecule has 6 heteroatoms. The molecule has 0 amide bonds. The van der Waals surface area contributed by atoms with E-state index in [9.17, 15) is 0 Å². The van der Waals surface area contributed by atoms with E-state index in [4.69, 9.17) is 16.3 Å². The average molecular weight is 365 g/mol. The van der Waals surface area contributed by atoms with Crippen molar-refractivity contribution in [3.05, 3.63) is 71.0 Å². The molecule has 0 saturated heterocycles. The largest absolute Gasteiger partial charge is 0.495 e. The fourth-order valence-electron chi connectivity index (χ4n) is 2.82. The summed E-state index contributed by atoms with van der Waals surface area (Å²) in [4.78, 5) is 12.0. The molecule has 4 aromatic rings. The number of fused-ring (bicyclic) bond motifs is 1. The van der Waals surface area contributed by atoms with Crippen LogP contribution in [0.1, 0.15) is 17.1 Å². The molecule has 0 aliphatic carbocycles. The summed E-state index contributed by atoms with van der Waals surface area (Å²) in [6, 6.07) is 11.6. The second-order valence-corrected chi connectivity index (χ2v) is 6.41. The van der Waals surface area contributed by atoms with Crippen LogP contribution in [0, 0.1) is 6.92 Å². The minimum Gasteiger partial charge on any atom is -0.495 e. The maximum absolute atomic E-state index is 6.01. The van der Waals surface area contributed by atoms with Crippen molar-refractivity contribution in [2.75, 3.05) is 7.11 Å². The lowest BCUT2D eigenvalue weighted by Crippen LogP contribution is -1.95. The van der Waals surface area contributed by atoms with E-state index in [1.54, 1.807) is 13.4 Å². The van der Waals surface area contributed by atoms with Crippen LogP contribution in [-0.2, 0) is 0 Å². The summed E-state index contributed by atoms with van der Waals surface area (Å²) in [5, 5.41) is 0.687. The Balaban J connectivity index is 1.63. The predicted molar refractivity (Wildman–Crippen MR) is 105 cm³/mol. The number of benzene rings is 2. The maximum atomic E-state index is 6.01. The van der Waals surface area contributed by atoms with Crippen molar-refractivity contribution < 1.29 is 4.74 Å². The van der Waals surface area contributed by atoms with Crippen molar-refractivity contribution in [2.45, 2.75) is 6.92 Å². The summed E-state index contributed by atoms with van der Waals surface area (Å²) in [5.74, 6) is 1.55. The van der Waals surface area contributed by atoms with Gasteiger partial charge in [0.05, 0.1) is 35.9 Å². The van der Waals surface area contributed by atoms with Crippen LogP contribution in [0.4, 0.5) is 0 Å². The standard InChI is InChI=1S/C20H17ClN4O/c1-13-11-25(12-22-13)18-7-3-14(9-19(18)26-2)4-8-20-23-16-6-5-15(21)10-17(16)24-20/h3-12H,1-2H3,(H,23,24)/b8-4+. The summed E-state index contributed by atoms with van der Waals surface area (Å²) < 4.78 is 7.49. The Kier molecular flexibility index (Phi) is 4.22. The molecule has 2 heterocycles. The molecule has 2 aromatic heterocycles. The van der Waals surface area contributed by atoms with Crippen LogP contribution in [0.15, 0.2) is 48.9 Å². The quantitative estimate of drug-likeness (QED) is 0.561. The summed E-state index contributed by atoms with van der Waals surface area (Å²) in [5.41, 5.74) is 4.73. The monoisotopic (exact) mass is 364 g/mol. The van der Waals surface area contributed by atoms with Crippen molar-refractivity contribution in [2.24, 2.45) is 0 Å². The number of nitrogens with one attached hydrogen (secondary N) is 1. The minimum atomic E-state index is 0.687. The number of ether oxygens (including phenoxy) is 1. The molecule has 0 radical (unpaired) electrons. The number of aromatic amines is 1. The van der Waals surface area contributed by atoms with Crippen molar-refractivity contribution in [1.82, 2.24) is 19.5 Å². The molecule has 2 aromatic carbocycles. The second kappa shape index (κ2) is 6.69. The van der Waals surface area contributed by atoms with E-state index >= 15 is 0 Å². The number of hydrogen-bond donors (Lipinski definition) is 1. The van der Waals surface area contributed by atoms with E-state index in [1.165, 1.54) is 0 Å². The first-order valence-corrected chi connectivity index (χ1v) is 8.52. The highest BCUT2D eigenvalue weighted by molar-refractivity contribution is 6.31. The van der Waals surface area contributed by atoms with Gasteiger partial charge >= 0.3 is 0 Å². The molecule has 0 fully saturated rings. The highest BCUT2D eigenvalue weighted by Crippen LogP contribution is 2.25. The van der Waals surface area contributed by atoms with Crippen LogP contribution >= 0.6 is 11.6 Å². The van der Waals surface area contributed by atoms with Crippen LogP contribution < -0.4 is 4.74 Å². The van der Waals surface area contributed by atoms with E-state index in [-0.39, 0.29) is 0 Å². The van der Waals surface area contributed by atoms with E-state index in [1.807, 2.05) is 66.2 Å². The Labute approximate surface area is 155 Å². The van der Waals surface area contributed by atoms with Crippen molar-refractivity contribution in [3.63, 3.8) is 0 Å². The highest BCUT2D eigenvalue weighted by atomic mass is 35.5. The average Bonchev–Trinajstić information content (AvgIpc) is 3.25. The highest BCUT2D eigenvalue weighted by Gasteiger charge is 2.07. The van der Waals surface area contributed by atoms with Gasteiger partial charge in [0.1, 0.15) is 11.6 Å². The lowest BCUT2D eigenvalue weighted by atomic mass is 10.1. The van der Waals surface area contributed by atoms with Crippen molar-refractivity contribution in [3.8, 4) is 11.4 Å². The van der Waals surface area contributed by atoms with E-state index in [0.29, 0.717) is 5.02 Å². The van der Waals surface area contributed by atoms with Crippen molar-refractivity contribution >= 4 is 34.8 Å². The van der Waals surface area contributed by atoms with Crippen LogP contribution in [0.5, 0.6) is 5.75 Å². The topological polar surface area (TPSA) is 55.7 Å². The van der Waals surface area contributed by atoms with Crippen LogP contribution in [0.2, 0.25) is 5.02 Å². The number of rotatable bonds is 4. The zero-order valence-electron chi connectivity index (χ0n) is 14.4. The number of H-pyrrole nitrogens is 1. The lowest BCUT2D eigenvalue weighted by Gasteiger charge is -2.09. The first-order valence-electron chi connectivity index (χ1n) is 8.15. The second-order valence-electron chi connectivity index (χ2n) is 5.97. The molecule has 0 aliphatic heterocycles. The molecular formula is C20H17ClN4O. The number of halogens is 1. The predicted octanol–water partition coefficient (Wildman–Crippen LogP) is 4.89. The van der Waals surface area contributed by atoms with Gasteiger partial charge in [0.25, 0.3) is 0 Å². The molecule has 0 atom stereocenters. The molecule has 130 valence electrons. The van der Waals surface area contributed by atoms with Crippen LogP contribution in [0.3, 0.4) is 0 Å². The SMILES string of the molecule is COc1cc(/C=C/c2nc3ccc(Cl)cc3[nH]2)ccc1-n1cnc(C)c1. The third-order valence-electron chi connectivity index (χ3n) is 4.09. The molecule has 0 unspecified atom stereocenters. The third kappa shape index (κ3) is 3.21. The molecular weight excluding hydrogens is 348 g/mol. The molecule has 1 N–H and O–H groups in total. The van der Waals surface area contributed by atoms with Gasteiger partial charge in [0, 0.05) is 11.2 Å². The molecule has 0 saturated carbocycles. The van der Waals surface area contributed by atoms with Crippen molar-refractivity contribution in [1.29, 1.82) is 0 Å². The van der Waals surface area contributed by atoms with Crippen LogP contribution in [-0.4, -0.2) is 26.6 Å². The summed E-state index contributed by atoms with van der Waals surface area (Å²) in [6.45, 7) is 1.96. The van der Waals surface area contributed by atoms with E-state index in [0.717, 1.165) is 39.6 Å². The van der Waals surface area contributed by atoms with Gasteiger partial charge in [-0.25, -0.2) is 9.97 Å². The first kappa shape index (κ1) is 16.4. The van der Waals surface area contributed by atoms with Gasteiger partial charge in [-0.2, -0.15) is 0 Å². The fraction of sp³-hybridized carbons (Fsp3) is 0.100. The molecule has 26 heavy (non-hydrogen) atoms. The number of aromatic nitrogens is 4. The number of imidazole rings is 2. The summed E-state index contributed by atoms with van der Waals surface area (Å²) in [6.07, 6.45) is 7.67. The lowest BCUT2D eigenvalue weighted by molar-refractivity contribution is 0.413.